The van der Waals surface area contributed by atoms with Gasteiger partial charge in [0.2, 0.25) is 0 Å². The van der Waals surface area contributed by atoms with Crippen LogP contribution in [-0.2, 0) is 16.1 Å². The molecule has 3 heterocycles. The average molecular weight is 325 g/mol. The van der Waals surface area contributed by atoms with Crippen molar-refractivity contribution in [2.75, 3.05) is 11.4 Å². The number of benzene rings is 1. The normalized spacial score (nSPS) is 20.4. The number of carbonyl (C=O) groups is 1. The second-order valence-electron chi connectivity index (χ2n) is 5.42. The Labute approximate surface area is 137 Å². The molecular weight excluding hydrogens is 310 g/mol. The van der Waals surface area contributed by atoms with Crippen molar-refractivity contribution in [1.82, 2.24) is 29.8 Å². The molecule has 2 unspecified atom stereocenters. The summed E-state index contributed by atoms with van der Waals surface area (Å²) in [6.45, 7) is 1.16. The SMILES string of the molecule is O=CC1OC(Cn2cncn2)CN1c1ccc(-n2ccnn2)cc1. The zero-order chi connectivity index (χ0) is 16.4. The number of nitrogens with zero attached hydrogens (tertiary/aromatic N) is 7. The highest BCUT2D eigenvalue weighted by molar-refractivity contribution is 5.66. The molecule has 0 N–H and O–H groups in total. The van der Waals surface area contributed by atoms with Gasteiger partial charge in [-0.25, -0.2) is 9.67 Å². The number of hydrogen-bond donors (Lipinski definition) is 0. The molecule has 0 amide bonds. The molecule has 1 fully saturated rings. The molecule has 24 heavy (non-hydrogen) atoms. The van der Waals surface area contributed by atoms with E-state index in [9.17, 15) is 4.79 Å². The largest absolute Gasteiger partial charge is 0.344 e. The molecule has 0 aliphatic carbocycles. The summed E-state index contributed by atoms with van der Waals surface area (Å²) in [7, 11) is 0. The van der Waals surface area contributed by atoms with E-state index in [0.717, 1.165) is 17.7 Å². The first-order valence-corrected chi connectivity index (χ1v) is 7.50. The molecule has 0 saturated carbocycles. The highest BCUT2D eigenvalue weighted by atomic mass is 16.5. The summed E-state index contributed by atoms with van der Waals surface area (Å²) >= 11 is 0. The van der Waals surface area contributed by atoms with Gasteiger partial charge in [0, 0.05) is 12.2 Å². The van der Waals surface area contributed by atoms with Crippen LogP contribution in [0, 0.1) is 0 Å². The van der Waals surface area contributed by atoms with Gasteiger partial charge in [-0.2, -0.15) is 5.10 Å². The molecule has 0 radical (unpaired) electrons. The monoisotopic (exact) mass is 325 g/mol. The highest BCUT2D eigenvalue weighted by Crippen LogP contribution is 2.25. The highest BCUT2D eigenvalue weighted by Gasteiger charge is 2.33. The molecule has 122 valence electrons. The van der Waals surface area contributed by atoms with Crippen molar-refractivity contribution in [3.8, 4) is 5.69 Å². The van der Waals surface area contributed by atoms with Crippen LogP contribution in [0.3, 0.4) is 0 Å². The molecular formula is C15H15N7O2. The fourth-order valence-electron chi connectivity index (χ4n) is 2.77. The summed E-state index contributed by atoms with van der Waals surface area (Å²) in [6.07, 6.45) is 6.59. The van der Waals surface area contributed by atoms with E-state index in [1.54, 1.807) is 28.1 Å². The van der Waals surface area contributed by atoms with Crippen molar-refractivity contribution in [2.24, 2.45) is 0 Å². The maximum Gasteiger partial charge on any atom is 0.187 e. The fourth-order valence-corrected chi connectivity index (χ4v) is 2.77. The van der Waals surface area contributed by atoms with Crippen LogP contribution in [-0.4, -0.2) is 54.9 Å². The Morgan fingerprint density at radius 1 is 1.25 bits per heavy atom. The summed E-state index contributed by atoms with van der Waals surface area (Å²) < 4.78 is 9.17. The van der Waals surface area contributed by atoms with E-state index in [0.29, 0.717) is 13.1 Å². The summed E-state index contributed by atoms with van der Waals surface area (Å²) in [4.78, 5) is 17.2. The number of carbonyl (C=O) groups excluding carboxylic acids is 1. The molecule has 9 nitrogen and oxygen atoms in total. The minimum atomic E-state index is -0.601. The van der Waals surface area contributed by atoms with E-state index in [4.69, 9.17) is 4.74 Å². The van der Waals surface area contributed by atoms with Crippen molar-refractivity contribution in [2.45, 2.75) is 18.9 Å². The van der Waals surface area contributed by atoms with Crippen LogP contribution in [0.2, 0.25) is 0 Å². The van der Waals surface area contributed by atoms with Crippen LogP contribution in [0.15, 0.2) is 49.3 Å². The first-order valence-electron chi connectivity index (χ1n) is 7.50. The minimum Gasteiger partial charge on any atom is -0.344 e. The van der Waals surface area contributed by atoms with Gasteiger partial charge in [0.15, 0.2) is 12.5 Å². The number of anilines is 1. The molecule has 2 atom stereocenters. The van der Waals surface area contributed by atoms with Gasteiger partial charge in [-0.05, 0) is 24.3 Å². The first-order chi connectivity index (χ1) is 11.8. The third-order valence-electron chi connectivity index (χ3n) is 3.88. The molecule has 1 aliphatic heterocycles. The van der Waals surface area contributed by atoms with Gasteiger partial charge < -0.3 is 9.64 Å². The van der Waals surface area contributed by atoms with Crippen LogP contribution in [0.4, 0.5) is 5.69 Å². The predicted octanol–water partition coefficient (Wildman–Crippen LogP) is 0.289. The summed E-state index contributed by atoms with van der Waals surface area (Å²) in [5.41, 5.74) is 1.82. The van der Waals surface area contributed by atoms with Crippen LogP contribution >= 0.6 is 0 Å². The maximum absolute atomic E-state index is 11.4. The zero-order valence-corrected chi connectivity index (χ0v) is 12.7. The second-order valence-corrected chi connectivity index (χ2v) is 5.42. The van der Waals surface area contributed by atoms with Crippen LogP contribution < -0.4 is 4.90 Å². The lowest BCUT2D eigenvalue weighted by Gasteiger charge is -2.20. The van der Waals surface area contributed by atoms with E-state index < -0.39 is 6.23 Å². The Kier molecular flexibility index (Phi) is 3.75. The molecule has 4 rings (SSSR count). The van der Waals surface area contributed by atoms with E-state index in [2.05, 4.69) is 20.4 Å². The van der Waals surface area contributed by atoms with Gasteiger partial charge in [0.25, 0.3) is 0 Å². The van der Waals surface area contributed by atoms with Crippen LogP contribution in [0.25, 0.3) is 5.69 Å². The Bertz CT molecular complexity index is 786. The number of rotatable bonds is 5. The zero-order valence-electron chi connectivity index (χ0n) is 12.7. The number of ether oxygens (including phenoxy) is 1. The fraction of sp³-hybridized carbons (Fsp3) is 0.267. The molecule has 0 spiro atoms. The summed E-state index contributed by atoms with van der Waals surface area (Å²) in [6, 6.07) is 7.73. The van der Waals surface area contributed by atoms with Gasteiger partial charge in [-0.3, -0.25) is 9.48 Å². The van der Waals surface area contributed by atoms with Crippen LogP contribution in [0.1, 0.15) is 0 Å². The second kappa shape index (κ2) is 6.20. The third kappa shape index (κ3) is 2.76. The van der Waals surface area contributed by atoms with Gasteiger partial charge in [-0.1, -0.05) is 5.21 Å². The molecule has 3 aromatic rings. The van der Waals surface area contributed by atoms with Crippen LogP contribution in [0.5, 0.6) is 0 Å². The number of aromatic nitrogens is 6. The Morgan fingerprint density at radius 2 is 2.08 bits per heavy atom. The maximum atomic E-state index is 11.4. The molecule has 1 aromatic carbocycles. The quantitative estimate of drug-likeness (QED) is 0.623. The lowest BCUT2D eigenvalue weighted by Crippen LogP contribution is -2.31. The topological polar surface area (TPSA) is 91.0 Å². The summed E-state index contributed by atoms with van der Waals surface area (Å²) in [5, 5.41) is 11.8. The number of aldehydes is 1. The first kappa shape index (κ1) is 14.5. The smallest absolute Gasteiger partial charge is 0.187 e. The van der Waals surface area contributed by atoms with Crippen molar-refractivity contribution >= 4 is 12.0 Å². The third-order valence-corrected chi connectivity index (χ3v) is 3.88. The number of hydrogen-bond acceptors (Lipinski definition) is 7. The lowest BCUT2D eigenvalue weighted by atomic mass is 10.2. The predicted molar refractivity (Wildman–Crippen MR) is 83.5 cm³/mol. The van der Waals surface area contributed by atoms with Crippen molar-refractivity contribution in [1.29, 1.82) is 0 Å². The lowest BCUT2D eigenvalue weighted by molar-refractivity contribution is -0.117. The Balaban J connectivity index is 1.50. The molecule has 1 saturated heterocycles. The molecule has 2 aromatic heterocycles. The van der Waals surface area contributed by atoms with E-state index in [1.165, 1.54) is 6.33 Å². The van der Waals surface area contributed by atoms with Crippen molar-refractivity contribution in [3.63, 3.8) is 0 Å². The van der Waals surface area contributed by atoms with E-state index >= 15 is 0 Å². The average Bonchev–Trinajstić information content (AvgIpc) is 3.37. The standard InChI is InChI=1S/C15H15N7O2/c23-9-15-21(8-14(24-15)7-20-11-16-10-18-20)12-1-3-13(4-2-12)22-6-5-17-19-22/h1-6,9-11,14-15H,7-8H2. The van der Waals surface area contributed by atoms with E-state index in [1.807, 2.05) is 29.2 Å². The molecule has 9 heteroatoms. The van der Waals surface area contributed by atoms with Gasteiger partial charge in [-0.15, -0.1) is 5.10 Å². The van der Waals surface area contributed by atoms with Crippen molar-refractivity contribution in [3.05, 3.63) is 49.3 Å². The Morgan fingerprint density at radius 3 is 2.75 bits per heavy atom. The van der Waals surface area contributed by atoms with Crippen molar-refractivity contribution < 1.29 is 9.53 Å². The molecule has 0 bridgehead atoms. The molecule has 1 aliphatic rings. The van der Waals surface area contributed by atoms with Gasteiger partial charge >= 0.3 is 0 Å². The van der Waals surface area contributed by atoms with Gasteiger partial charge in [0.1, 0.15) is 12.7 Å². The Hall–Kier alpha value is -3.07. The minimum absolute atomic E-state index is 0.128. The summed E-state index contributed by atoms with van der Waals surface area (Å²) in [5.74, 6) is 0. The van der Waals surface area contributed by atoms with E-state index in [-0.39, 0.29) is 6.10 Å². The van der Waals surface area contributed by atoms with Gasteiger partial charge in [0.05, 0.1) is 30.7 Å².